The third kappa shape index (κ3) is 4.22. The van der Waals surface area contributed by atoms with Gasteiger partial charge in [-0.25, -0.2) is 8.78 Å². The predicted molar refractivity (Wildman–Crippen MR) is 90.1 cm³/mol. The van der Waals surface area contributed by atoms with E-state index in [4.69, 9.17) is 0 Å². The summed E-state index contributed by atoms with van der Waals surface area (Å²) in [5.41, 5.74) is 2.07. The van der Waals surface area contributed by atoms with Crippen molar-refractivity contribution in [1.29, 1.82) is 0 Å². The Labute approximate surface area is 145 Å². The van der Waals surface area contributed by atoms with Crippen molar-refractivity contribution >= 4 is 5.91 Å². The zero-order chi connectivity index (χ0) is 18.0. The summed E-state index contributed by atoms with van der Waals surface area (Å²) in [7, 11) is 1.80. The van der Waals surface area contributed by atoms with Gasteiger partial charge in [0.15, 0.2) is 11.6 Å². The topological polar surface area (TPSA) is 50.2 Å². The number of hydrogen-bond donors (Lipinski definition) is 1. The Morgan fingerprint density at radius 3 is 2.80 bits per heavy atom. The Kier molecular flexibility index (Phi) is 5.13. The van der Waals surface area contributed by atoms with Crippen molar-refractivity contribution in [3.05, 3.63) is 52.9 Å². The SMILES string of the molecule is Cc1cc(C(=O)NC2CCCN(Cc3ccc(F)c(F)c3)C2)nn1C. The zero-order valence-corrected chi connectivity index (χ0v) is 14.4. The molecule has 1 aliphatic heterocycles. The molecule has 3 rings (SSSR count). The van der Waals surface area contributed by atoms with Gasteiger partial charge in [0.1, 0.15) is 5.69 Å². The second-order valence-electron chi connectivity index (χ2n) is 6.59. The van der Waals surface area contributed by atoms with Crippen LogP contribution in [-0.2, 0) is 13.6 Å². The van der Waals surface area contributed by atoms with Crippen LogP contribution in [0.25, 0.3) is 0 Å². The molecule has 1 atom stereocenters. The lowest BCUT2D eigenvalue weighted by atomic mass is 10.0. The monoisotopic (exact) mass is 348 g/mol. The van der Waals surface area contributed by atoms with Gasteiger partial charge in [-0.3, -0.25) is 14.4 Å². The van der Waals surface area contributed by atoms with Gasteiger partial charge in [-0.2, -0.15) is 5.10 Å². The number of amides is 1. The van der Waals surface area contributed by atoms with E-state index < -0.39 is 11.6 Å². The van der Waals surface area contributed by atoms with Crippen LogP contribution in [0.5, 0.6) is 0 Å². The maximum absolute atomic E-state index is 13.3. The molecule has 1 amide bonds. The highest BCUT2D eigenvalue weighted by Gasteiger charge is 2.23. The molecular weight excluding hydrogens is 326 g/mol. The molecule has 2 aromatic rings. The molecule has 2 heterocycles. The molecule has 1 aromatic heterocycles. The average molecular weight is 348 g/mol. The first-order valence-corrected chi connectivity index (χ1v) is 8.40. The van der Waals surface area contributed by atoms with Gasteiger partial charge < -0.3 is 5.32 Å². The molecule has 0 radical (unpaired) electrons. The first kappa shape index (κ1) is 17.5. The van der Waals surface area contributed by atoms with Crippen molar-refractivity contribution in [2.45, 2.75) is 32.4 Å². The number of hydrogen-bond acceptors (Lipinski definition) is 3. The number of aryl methyl sites for hydroxylation is 2. The number of piperidine rings is 1. The van der Waals surface area contributed by atoms with E-state index in [0.29, 0.717) is 18.8 Å². The Bertz CT molecular complexity index is 755. The van der Waals surface area contributed by atoms with Crippen molar-refractivity contribution in [2.24, 2.45) is 7.05 Å². The van der Waals surface area contributed by atoms with Crippen molar-refractivity contribution in [1.82, 2.24) is 20.0 Å². The van der Waals surface area contributed by atoms with Crippen LogP contribution in [0.4, 0.5) is 8.78 Å². The number of carbonyl (C=O) groups excluding carboxylic acids is 1. The number of carbonyl (C=O) groups is 1. The van der Waals surface area contributed by atoms with Crippen LogP contribution in [0, 0.1) is 18.6 Å². The Balaban J connectivity index is 1.59. The fourth-order valence-corrected chi connectivity index (χ4v) is 3.14. The number of benzene rings is 1. The molecule has 0 bridgehead atoms. The van der Waals surface area contributed by atoms with Crippen LogP contribution in [-0.4, -0.2) is 39.7 Å². The lowest BCUT2D eigenvalue weighted by Crippen LogP contribution is -2.47. The second-order valence-corrected chi connectivity index (χ2v) is 6.59. The Morgan fingerprint density at radius 1 is 1.32 bits per heavy atom. The third-order valence-electron chi connectivity index (χ3n) is 4.58. The van der Waals surface area contributed by atoms with E-state index in [1.54, 1.807) is 23.9 Å². The molecular formula is C18H22F2N4O. The number of aromatic nitrogens is 2. The van der Waals surface area contributed by atoms with Gasteiger partial charge in [0.2, 0.25) is 0 Å². The smallest absolute Gasteiger partial charge is 0.272 e. The first-order valence-electron chi connectivity index (χ1n) is 8.40. The molecule has 5 nitrogen and oxygen atoms in total. The largest absolute Gasteiger partial charge is 0.347 e. The summed E-state index contributed by atoms with van der Waals surface area (Å²) in [5, 5.41) is 7.22. The van der Waals surface area contributed by atoms with E-state index in [0.717, 1.165) is 36.7 Å². The standard InChI is InChI=1S/C18H22F2N4O/c1-12-8-17(22-23(12)2)18(25)21-14-4-3-7-24(11-14)10-13-5-6-15(19)16(20)9-13/h5-6,8-9,14H,3-4,7,10-11H2,1-2H3,(H,21,25). The quantitative estimate of drug-likeness (QED) is 0.923. The number of nitrogens with zero attached hydrogens (tertiary/aromatic N) is 3. The van der Waals surface area contributed by atoms with Crippen LogP contribution >= 0.6 is 0 Å². The number of rotatable bonds is 4. The van der Waals surface area contributed by atoms with Crippen molar-refractivity contribution in [3.63, 3.8) is 0 Å². The number of likely N-dealkylation sites (tertiary alicyclic amines) is 1. The minimum atomic E-state index is -0.835. The molecule has 1 aromatic carbocycles. The summed E-state index contributed by atoms with van der Waals surface area (Å²) < 4.78 is 28.0. The van der Waals surface area contributed by atoms with Crippen molar-refractivity contribution in [2.75, 3.05) is 13.1 Å². The Morgan fingerprint density at radius 2 is 2.12 bits per heavy atom. The molecule has 25 heavy (non-hydrogen) atoms. The van der Waals surface area contributed by atoms with E-state index >= 15 is 0 Å². The van der Waals surface area contributed by atoms with Crippen LogP contribution in [0.15, 0.2) is 24.3 Å². The van der Waals surface area contributed by atoms with Gasteiger partial charge in [-0.05, 0) is 50.1 Å². The fraction of sp³-hybridized carbons (Fsp3) is 0.444. The minimum Gasteiger partial charge on any atom is -0.347 e. The summed E-state index contributed by atoms with van der Waals surface area (Å²) in [6.45, 7) is 3.98. The highest BCUT2D eigenvalue weighted by atomic mass is 19.2. The van der Waals surface area contributed by atoms with E-state index in [9.17, 15) is 13.6 Å². The highest BCUT2D eigenvalue weighted by molar-refractivity contribution is 5.92. The summed E-state index contributed by atoms with van der Waals surface area (Å²) in [6, 6.07) is 5.76. The molecule has 1 unspecified atom stereocenters. The average Bonchev–Trinajstić information content (AvgIpc) is 2.91. The number of nitrogens with one attached hydrogen (secondary N) is 1. The van der Waals surface area contributed by atoms with E-state index in [-0.39, 0.29) is 11.9 Å². The Hall–Kier alpha value is -2.28. The molecule has 134 valence electrons. The lowest BCUT2D eigenvalue weighted by molar-refractivity contribution is 0.0895. The van der Waals surface area contributed by atoms with Crippen molar-refractivity contribution < 1.29 is 13.6 Å². The maximum Gasteiger partial charge on any atom is 0.272 e. The summed E-state index contributed by atoms with van der Waals surface area (Å²) in [5.74, 6) is -1.84. The maximum atomic E-state index is 13.3. The van der Waals surface area contributed by atoms with E-state index in [1.165, 1.54) is 6.07 Å². The summed E-state index contributed by atoms with van der Waals surface area (Å²) >= 11 is 0. The van der Waals surface area contributed by atoms with Crippen LogP contribution < -0.4 is 5.32 Å². The van der Waals surface area contributed by atoms with Crippen molar-refractivity contribution in [3.8, 4) is 0 Å². The van der Waals surface area contributed by atoms with Gasteiger partial charge in [-0.1, -0.05) is 6.07 Å². The molecule has 0 spiro atoms. The van der Waals surface area contributed by atoms with Crippen LogP contribution in [0.2, 0.25) is 0 Å². The molecule has 0 aliphatic carbocycles. The molecule has 1 N–H and O–H groups in total. The van der Waals surface area contributed by atoms with Gasteiger partial charge >= 0.3 is 0 Å². The molecule has 0 saturated carbocycles. The number of halogens is 2. The van der Waals surface area contributed by atoms with Crippen LogP contribution in [0.3, 0.4) is 0 Å². The van der Waals surface area contributed by atoms with Gasteiger partial charge in [0, 0.05) is 31.9 Å². The van der Waals surface area contributed by atoms with Gasteiger partial charge in [0.05, 0.1) is 0 Å². The predicted octanol–water partition coefficient (Wildman–Crippen LogP) is 2.40. The lowest BCUT2D eigenvalue weighted by Gasteiger charge is -2.33. The van der Waals surface area contributed by atoms with E-state index in [2.05, 4.69) is 15.3 Å². The highest BCUT2D eigenvalue weighted by Crippen LogP contribution is 2.16. The zero-order valence-electron chi connectivity index (χ0n) is 14.4. The van der Waals surface area contributed by atoms with Crippen LogP contribution in [0.1, 0.15) is 34.6 Å². The first-order chi connectivity index (χ1) is 11.9. The van der Waals surface area contributed by atoms with Gasteiger partial charge in [0.25, 0.3) is 5.91 Å². The van der Waals surface area contributed by atoms with Gasteiger partial charge in [-0.15, -0.1) is 0 Å². The minimum absolute atomic E-state index is 0.0221. The summed E-state index contributed by atoms with van der Waals surface area (Å²) in [4.78, 5) is 14.5. The second kappa shape index (κ2) is 7.31. The third-order valence-corrected chi connectivity index (χ3v) is 4.58. The fourth-order valence-electron chi connectivity index (χ4n) is 3.14. The molecule has 1 aliphatic rings. The normalized spacial score (nSPS) is 18.3. The molecule has 1 fully saturated rings. The summed E-state index contributed by atoms with van der Waals surface area (Å²) in [6.07, 6.45) is 1.84. The molecule has 7 heteroatoms. The van der Waals surface area contributed by atoms with E-state index in [1.807, 2.05) is 6.92 Å². The molecule has 1 saturated heterocycles.